The second-order valence-electron chi connectivity index (χ2n) is 5.69. The fourth-order valence-electron chi connectivity index (χ4n) is 2.41. The fourth-order valence-corrected chi connectivity index (χ4v) is 2.41. The second-order valence-corrected chi connectivity index (χ2v) is 5.69. The lowest BCUT2D eigenvalue weighted by atomic mass is 10.1. The minimum atomic E-state index is -0.0836. The molecule has 3 rings (SSSR count). The predicted molar refractivity (Wildman–Crippen MR) is 87.9 cm³/mol. The topological polar surface area (TPSA) is 57.8 Å². The Morgan fingerprint density at radius 1 is 1.09 bits per heavy atom. The van der Waals surface area contributed by atoms with Gasteiger partial charge >= 0.3 is 0 Å². The van der Waals surface area contributed by atoms with E-state index in [1.54, 1.807) is 0 Å². The molecule has 2 N–H and O–H groups in total. The first-order valence-corrected chi connectivity index (χ1v) is 7.33. The van der Waals surface area contributed by atoms with E-state index in [1.807, 2.05) is 51.1 Å². The summed E-state index contributed by atoms with van der Waals surface area (Å²) in [6.07, 6.45) is 0. The zero-order chi connectivity index (χ0) is 15.7. The summed E-state index contributed by atoms with van der Waals surface area (Å²) in [5, 5.41) is 2.90. The number of carbonyl (C=O) groups is 1. The number of aromatic nitrogens is 2. The van der Waals surface area contributed by atoms with Gasteiger partial charge in [-0.1, -0.05) is 12.1 Å². The molecular formula is C18H19N3O. The van der Waals surface area contributed by atoms with Crippen LogP contribution in [0.4, 0.5) is 0 Å². The van der Waals surface area contributed by atoms with Crippen molar-refractivity contribution in [2.24, 2.45) is 0 Å². The van der Waals surface area contributed by atoms with Gasteiger partial charge < -0.3 is 10.3 Å². The summed E-state index contributed by atoms with van der Waals surface area (Å²) in [5.41, 5.74) is 6.07. The summed E-state index contributed by atoms with van der Waals surface area (Å²) in [4.78, 5) is 19.9. The minimum Gasteiger partial charge on any atom is -0.345 e. The molecule has 0 bridgehead atoms. The Labute approximate surface area is 129 Å². The molecule has 0 aliphatic carbocycles. The van der Waals surface area contributed by atoms with Gasteiger partial charge in [0.25, 0.3) is 5.91 Å². The zero-order valence-electron chi connectivity index (χ0n) is 13.0. The third-order valence-electron chi connectivity index (χ3n) is 3.87. The zero-order valence-corrected chi connectivity index (χ0v) is 13.0. The smallest absolute Gasteiger partial charge is 0.251 e. The molecule has 0 spiro atoms. The summed E-state index contributed by atoms with van der Waals surface area (Å²) >= 11 is 0. The highest BCUT2D eigenvalue weighted by atomic mass is 16.1. The molecule has 1 heterocycles. The number of fused-ring (bicyclic) bond motifs is 1. The van der Waals surface area contributed by atoms with Crippen molar-refractivity contribution < 1.29 is 4.79 Å². The molecule has 0 atom stereocenters. The molecule has 4 nitrogen and oxygen atoms in total. The van der Waals surface area contributed by atoms with Crippen molar-refractivity contribution in [3.05, 3.63) is 64.5 Å². The molecule has 112 valence electrons. The Kier molecular flexibility index (Phi) is 3.67. The summed E-state index contributed by atoms with van der Waals surface area (Å²) in [6.45, 7) is 6.47. The number of H-pyrrole nitrogens is 1. The standard InChI is InChI=1S/C18H19N3O/c1-11-4-7-15-16(8-11)21-17(20-15)10-19-18(22)14-6-5-12(2)13(3)9-14/h4-9H,10H2,1-3H3,(H,19,22)(H,20,21). The second kappa shape index (κ2) is 5.64. The molecule has 0 radical (unpaired) electrons. The highest BCUT2D eigenvalue weighted by Crippen LogP contribution is 2.13. The van der Waals surface area contributed by atoms with Crippen molar-refractivity contribution in [3.8, 4) is 0 Å². The van der Waals surface area contributed by atoms with Crippen LogP contribution in [-0.2, 0) is 6.54 Å². The van der Waals surface area contributed by atoms with Gasteiger partial charge in [0.15, 0.2) is 0 Å². The number of hydrogen-bond donors (Lipinski definition) is 2. The van der Waals surface area contributed by atoms with Gasteiger partial charge in [0.05, 0.1) is 17.6 Å². The summed E-state index contributed by atoms with van der Waals surface area (Å²) < 4.78 is 0. The van der Waals surface area contributed by atoms with E-state index in [4.69, 9.17) is 0 Å². The summed E-state index contributed by atoms with van der Waals surface area (Å²) in [6, 6.07) is 11.8. The van der Waals surface area contributed by atoms with Crippen LogP contribution in [0, 0.1) is 20.8 Å². The van der Waals surface area contributed by atoms with Gasteiger partial charge in [-0.05, 0) is 61.7 Å². The van der Waals surface area contributed by atoms with Crippen molar-refractivity contribution in [2.45, 2.75) is 27.3 Å². The molecule has 1 aromatic heterocycles. The molecule has 0 saturated heterocycles. The average molecular weight is 293 g/mol. The first kappa shape index (κ1) is 14.3. The molecule has 22 heavy (non-hydrogen) atoms. The normalized spacial score (nSPS) is 10.9. The number of nitrogens with zero attached hydrogens (tertiary/aromatic N) is 1. The van der Waals surface area contributed by atoms with Crippen molar-refractivity contribution >= 4 is 16.9 Å². The van der Waals surface area contributed by atoms with Crippen LogP contribution in [0.15, 0.2) is 36.4 Å². The van der Waals surface area contributed by atoms with Crippen molar-refractivity contribution in [2.75, 3.05) is 0 Å². The van der Waals surface area contributed by atoms with Gasteiger partial charge in [-0.15, -0.1) is 0 Å². The molecule has 0 aliphatic heterocycles. The molecule has 0 fully saturated rings. The lowest BCUT2D eigenvalue weighted by Crippen LogP contribution is -2.23. The molecule has 0 unspecified atom stereocenters. The Morgan fingerprint density at radius 3 is 2.68 bits per heavy atom. The van der Waals surface area contributed by atoms with Crippen LogP contribution in [0.2, 0.25) is 0 Å². The van der Waals surface area contributed by atoms with Gasteiger partial charge in [-0.25, -0.2) is 4.98 Å². The van der Waals surface area contributed by atoms with E-state index < -0.39 is 0 Å². The number of hydrogen-bond acceptors (Lipinski definition) is 2. The molecule has 0 saturated carbocycles. The number of aromatic amines is 1. The molecule has 3 aromatic rings. The van der Waals surface area contributed by atoms with Crippen LogP contribution in [0.25, 0.3) is 11.0 Å². The maximum Gasteiger partial charge on any atom is 0.251 e. The number of aryl methyl sites for hydroxylation is 3. The number of rotatable bonds is 3. The average Bonchev–Trinajstić information content (AvgIpc) is 2.89. The first-order chi connectivity index (χ1) is 10.5. The Hall–Kier alpha value is -2.62. The molecular weight excluding hydrogens is 274 g/mol. The third kappa shape index (κ3) is 2.86. The Bertz CT molecular complexity index is 849. The van der Waals surface area contributed by atoms with Crippen molar-refractivity contribution in [1.82, 2.24) is 15.3 Å². The predicted octanol–water partition coefficient (Wildman–Crippen LogP) is 3.42. The summed E-state index contributed by atoms with van der Waals surface area (Å²) in [5.74, 6) is 0.678. The van der Waals surface area contributed by atoms with Gasteiger partial charge in [0, 0.05) is 5.56 Å². The number of amides is 1. The van der Waals surface area contributed by atoms with Gasteiger partial charge in [0.2, 0.25) is 0 Å². The van der Waals surface area contributed by atoms with E-state index in [-0.39, 0.29) is 5.91 Å². The maximum atomic E-state index is 12.2. The molecule has 1 amide bonds. The first-order valence-electron chi connectivity index (χ1n) is 7.33. The van der Waals surface area contributed by atoms with Gasteiger partial charge in [0.1, 0.15) is 5.82 Å². The quantitative estimate of drug-likeness (QED) is 0.777. The van der Waals surface area contributed by atoms with Crippen molar-refractivity contribution in [3.63, 3.8) is 0 Å². The Morgan fingerprint density at radius 2 is 1.91 bits per heavy atom. The molecule has 2 aromatic carbocycles. The molecule has 0 aliphatic rings. The van der Waals surface area contributed by atoms with E-state index in [1.165, 1.54) is 11.1 Å². The number of nitrogens with one attached hydrogen (secondary N) is 2. The van der Waals surface area contributed by atoms with Gasteiger partial charge in [-0.2, -0.15) is 0 Å². The highest BCUT2D eigenvalue weighted by molar-refractivity contribution is 5.94. The largest absolute Gasteiger partial charge is 0.345 e. The van der Waals surface area contributed by atoms with Crippen LogP contribution in [0.3, 0.4) is 0 Å². The van der Waals surface area contributed by atoms with Crippen LogP contribution < -0.4 is 5.32 Å². The minimum absolute atomic E-state index is 0.0836. The maximum absolute atomic E-state index is 12.2. The molecule has 4 heteroatoms. The number of carbonyl (C=O) groups excluding carboxylic acids is 1. The monoisotopic (exact) mass is 293 g/mol. The lowest BCUT2D eigenvalue weighted by molar-refractivity contribution is 0.0950. The van der Waals surface area contributed by atoms with Crippen molar-refractivity contribution in [1.29, 1.82) is 0 Å². The number of benzene rings is 2. The highest BCUT2D eigenvalue weighted by Gasteiger charge is 2.08. The van der Waals surface area contributed by atoms with E-state index in [0.29, 0.717) is 12.1 Å². The van der Waals surface area contributed by atoms with Crippen LogP contribution in [0.5, 0.6) is 0 Å². The van der Waals surface area contributed by atoms with Crippen LogP contribution in [0.1, 0.15) is 32.9 Å². The summed E-state index contributed by atoms with van der Waals surface area (Å²) in [7, 11) is 0. The van der Waals surface area contributed by atoms with Gasteiger partial charge in [-0.3, -0.25) is 4.79 Å². The van der Waals surface area contributed by atoms with E-state index in [9.17, 15) is 4.79 Å². The van der Waals surface area contributed by atoms with Crippen LogP contribution in [-0.4, -0.2) is 15.9 Å². The fraction of sp³-hybridized carbons (Fsp3) is 0.222. The van der Waals surface area contributed by atoms with E-state index >= 15 is 0 Å². The van der Waals surface area contributed by atoms with E-state index in [2.05, 4.69) is 21.4 Å². The Balaban J connectivity index is 1.72. The van der Waals surface area contributed by atoms with Crippen LogP contribution >= 0.6 is 0 Å². The SMILES string of the molecule is Cc1ccc2nc(CNC(=O)c3ccc(C)c(C)c3)[nH]c2c1. The lowest BCUT2D eigenvalue weighted by Gasteiger charge is -2.06. The third-order valence-corrected chi connectivity index (χ3v) is 3.87. The van der Waals surface area contributed by atoms with E-state index in [0.717, 1.165) is 22.4 Å². The number of imidazole rings is 1.